The van der Waals surface area contributed by atoms with Gasteiger partial charge >= 0.3 is 5.97 Å². The number of fused-ring (bicyclic) bond motifs is 2. The molecule has 348 valence electrons. The van der Waals surface area contributed by atoms with Crippen LogP contribution in [-0.4, -0.2) is 55.2 Å². The highest BCUT2D eigenvalue weighted by Gasteiger charge is 2.35. The van der Waals surface area contributed by atoms with Crippen molar-refractivity contribution in [3.8, 4) is 45.0 Å². The number of esters is 1. The summed E-state index contributed by atoms with van der Waals surface area (Å²) in [5, 5.41) is 0. The number of furan rings is 1. The first-order valence-corrected chi connectivity index (χ1v) is 21.7. The molecule has 13 nitrogen and oxygen atoms in total. The van der Waals surface area contributed by atoms with Gasteiger partial charge in [0.25, 0.3) is 11.1 Å². The van der Waals surface area contributed by atoms with E-state index in [4.69, 9.17) is 23.6 Å². The Morgan fingerprint density at radius 2 is 1.13 bits per heavy atom. The molecule has 0 saturated carbocycles. The molecule has 0 saturated heterocycles. The van der Waals surface area contributed by atoms with Crippen LogP contribution in [0.2, 0.25) is 0 Å². The fourth-order valence-corrected chi connectivity index (χ4v) is 8.41. The van der Waals surface area contributed by atoms with Crippen molar-refractivity contribution < 1.29 is 32.2 Å². The second-order valence-electron chi connectivity index (χ2n) is 16.9. The van der Waals surface area contributed by atoms with E-state index in [9.17, 15) is 23.2 Å². The van der Waals surface area contributed by atoms with Crippen molar-refractivity contribution in [3.05, 3.63) is 188 Å². The van der Waals surface area contributed by atoms with Gasteiger partial charge in [-0.25, -0.2) is 18.7 Å². The molecule has 5 aromatic heterocycles. The van der Waals surface area contributed by atoms with Crippen LogP contribution in [0.25, 0.3) is 45.1 Å². The number of hydrogen-bond acceptors (Lipinski definition) is 9. The maximum absolute atomic E-state index is 14.6. The molecule has 0 radical (unpaired) electrons. The lowest BCUT2D eigenvalue weighted by Crippen LogP contribution is -2.30. The van der Waals surface area contributed by atoms with Crippen LogP contribution in [0, 0.1) is 39.3 Å². The quantitative estimate of drug-likeness (QED) is 0.116. The highest BCUT2D eigenvalue weighted by Crippen LogP contribution is 2.31. The average Bonchev–Trinajstić information content (AvgIpc) is 4.08. The molecule has 0 atom stereocenters. The van der Waals surface area contributed by atoms with Crippen LogP contribution >= 0.6 is 0 Å². The first kappa shape index (κ1) is 46.5. The van der Waals surface area contributed by atoms with Gasteiger partial charge in [-0.15, -0.1) is 0 Å². The van der Waals surface area contributed by atoms with E-state index in [1.54, 1.807) is 107 Å². The maximum atomic E-state index is 14.6. The lowest BCUT2D eigenvalue weighted by molar-refractivity contribution is -0.146. The number of aryl methyl sites for hydroxylation is 2. The van der Waals surface area contributed by atoms with Crippen LogP contribution in [0.5, 0.6) is 11.5 Å². The van der Waals surface area contributed by atoms with Gasteiger partial charge in [0.2, 0.25) is 11.6 Å². The van der Waals surface area contributed by atoms with Crippen LogP contribution in [0.15, 0.2) is 130 Å². The van der Waals surface area contributed by atoms with Crippen LogP contribution in [0.1, 0.15) is 53.6 Å². The molecule has 4 aromatic carbocycles. The van der Waals surface area contributed by atoms with Gasteiger partial charge in [0, 0.05) is 40.5 Å². The smallest absolute Gasteiger partial charge is 0.317 e. The van der Waals surface area contributed by atoms with Gasteiger partial charge in [-0.3, -0.25) is 23.2 Å². The summed E-state index contributed by atoms with van der Waals surface area (Å²) < 4.78 is 57.1. The Balaban J connectivity index is 0.000000184. The van der Waals surface area contributed by atoms with E-state index in [2.05, 4.69) is 4.98 Å². The number of hydrogen-bond donors (Lipinski definition) is 0. The molecule has 9 aromatic rings. The van der Waals surface area contributed by atoms with E-state index in [0.717, 1.165) is 22.6 Å². The number of nitrogens with zero attached hydrogens (tertiary/aromatic N) is 6. The zero-order valence-electron chi connectivity index (χ0n) is 39.2. The number of aromatic nitrogens is 6. The Bertz CT molecular complexity index is 3510. The van der Waals surface area contributed by atoms with Crippen molar-refractivity contribution in [2.75, 3.05) is 21.3 Å². The number of halogens is 2. The fourth-order valence-electron chi connectivity index (χ4n) is 8.41. The van der Waals surface area contributed by atoms with Crippen molar-refractivity contribution in [1.29, 1.82) is 0 Å². The second kappa shape index (κ2) is 18.7. The summed E-state index contributed by atoms with van der Waals surface area (Å²) in [7, 11) is 4.45. The van der Waals surface area contributed by atoms with Gasteiger partial charge in [-0.05, 0) is 95.1 Å². The first-order valence-electron chi connectivity index (χ1n) is 21.7. The SMILES string of the molecule is COC(=O)C(C)(C)c1cn2c(=O)c(-c3cccc(OC)c3)c(C)n(Cc3ccccc3F)c2n1.COc1cccc(-c2c(C)n(Cc3ccccc3F)c3nc(-c4cc(C)oc4C)cn3c2=O)c1. The highest BCUT2D eigenvalue weighted by atomic mass is 19.1. The fraction of sp³-hybridized carbons (Fsp3) is 0.226. The molecule has 0 spiro atoms. The number of rotatable bonds is 11. The lowest BCUT2D eigenvalue weighted by atomic mass is 9.90. The highest BCUT2D eigenvalue weighted by molar-refractivity contribution is 5.81. The minimum absolute atomic E-state index is 0.147. The van der Waals surface area contributed by atoms with E-state index in [0.29, 0.717) is 73.6 Å². The van der Waals surface area contributed by atoms with Gasteiger partial charge in [-0.2, -0.15) is 0 Å². The van der Waals surface area contributed by atoms with E-state index in [-0.39, 0.29) is 35.8 Å². The molecule has 0 amide bonds. The zero-order chi connectivity index (χ0) is 48.6. The molecule has 0 fully saturated rings. The van der Waals surface area contributed by atoms with Crippen LogP contribution in [0.3, 0.4) is 0 Å². The Labute approximate surface area is 390 Å². The largest absolute Gasteiger partial charge is 0.497 e. The minimum Gasteiger partial charge on any atom is -0.497 e. The molecular formula is C53H50F2N6O7. The Morgan fingerprint density at radius 1 is 0.647 bits per heavy atom. The number of imidazole rings is 2. The molecule has 0 unspecified atom stereocenters. The summed E-state index contributed by atoms with van der Waals surface area (Å²) in [5.74, 6) is 2.34. The van der Waals surface area contributed by atoms with E-state index in [1.165, 1.54) is 28.0 Å². The molecule has 9 rings (SSSR count). The molecule has 0 aliphatic heterocycles. The molecule has 0 aliphatic rings. The molecule has 0 aliphatic carbocycles. The standard InChI is InChI=1S/C27H24FN3O3.C26H26FN3O4/c1-16-12-22(18(3)34-16)24-15-31-26(32)25(19-9-7-10-21(13-19)33-4)17(2)30(27(31)29-24)14-20-8-5-6-11-23(20)28;1-16-22(17-10-8-11-19(13-17)33-4)23(31)30-15-21(26(2,3)24(32)34-5)28-25(30)29(16)14-18-9-6-7-12-20(18)27/h5-13,15H,14H2,1-4H3;6-13,15H,14H2,1-5H3. The van der Waals surface area contributed by atoms with Gasteiger partial charge < -0.3 is 27.8 Å². The van der Waals surface area contributed by atoms with Gasteiger partial charge in [0.1, 0.15) is 40.1 Å². The number of methoxy groups -OCH3 is 3. The summed E-state index contributed by atoms with van der Waals surface area (Å²) in [6.07, 6.45) is 3.27. The molecule has 5 heterocycles. The lowest BCUT2D eigenvalue weighted by Gasteiger charge is -2.18. The Morgan fingerprint density at radius 3 is 1.59 bits per heavy atom. The Hall–Kier alpha value is -8.07. The topological polar surface area (TPSA) is 136 Å². The summed E-state index contributed by atoms with van der Waals surface area (Å²) in [6, 6.07) is 29.6. The van der Waals surface area contributed by atoms with E-state index in [1.807, 2.05) is 61.7 Å². The first-order chi connectivity index (χ1) is 32.6. The van der Waals surface area contributed by atoms with E-state index >= 15 is 0 Å². The zero-order valence-corrected chi connectivity index (χ0v) is 39.2. The Kier molecular flexibility index (Phi) is 12.8. The van der Waals surface area contributed by atoms with Crippen LogP contribution in [-0.2, 0) is 28.0 Å². The van der Waals surface area contributed by atoms with Crippen molar-refractivity contribution in [2.45, 2.75) is 60.0 Å². The predicted octanol–water partition coefficient (Wildman–Crippen LogP) is 9.66. The molecular weight excluding hydrogens is 871 g/mol. The predicted molar refractivity (Wildman–Crippen MR) is 256 cm³/mol. The summed E-state index contributed by atoms with van der Waals surface area (Å²) in [5.41, 5.74) is 4.79. The van der Waals surface area contributed by atoms with Gasteiger partial charge in [0.15, 0.2) is 0 Å². The van der Waals surface area contributed by atoms with Crippen LogP contribution < -0.4 is 20.6 Å². The summed E-state index contributed by atoms with van der Waals surface area (Å²) in [4.78, 5) is 49.3. The van der Waals surface area contributed by atoms with E-state index < -0.39 is 11.4 Å². The molecule has 15 heteroatoms. The third-order valence-electron chi connectivity index (χ3n) is 12.2. The van der Waals surface area contributed by atoms with Crippen molar-refractivity contribution >= 4 is 17.5 Å². The van der Waals surface area contributed by atoms with Crippen molar-refractivity contribution in [2.24, 2.45) is 0 Å². The maximum Gasteiger partial charge on any atom is 0.317 e. The number of benzene rings is 4. The number of carbonyl (C=O) groups is 1. The van der Waals surface area contributed by atoms with Crippen LogP contribution in [0.4, 0.5) is 8.78 Å². The van der Waals surface area contributed by atoms with Crippen molar-refractivity contribution in [1.82, 2.24) is 27.9 Å². The third kappa shape index (κ3) is 8.58. The molecule has 68 heavy (non-hydrogen) atoms. The summed E-state index contributed by atoms with van der Waals surface area (Å²) >= 11 is 0. The molecule has 0 bridgehead atoms. The second-order valence-corrected chi connectivity index (χ2v) is 16.9. The normalized spacial score (nSPS) is 11.5. The minimum atomic E-state index is -1.09. The van der Waals surface area contributed by atoms with Gasteiger partial charge in [-0.1, -0.05) is 60.7 Å². The van der Waals surface area contributed by atoms with Gasteiger partial charge in [0.05, 0.1) is 56.9 Å². The number of carbonyl (C=O) groups excluding carboxylic acids is 1. The number of ether oxygens (including phenoxy) is 3. The summed E-state index contributed by atoms with van der Waals surface area (Å²) in [6.45, 7) is 11.1. The third-order valence-corrected chi connectivity index (χ3v) is 12.2. The monoisotopic (exact) mass is 920 g/mol. The molecule has 0 N–H and O–H groups in total. The van der Waals surface area contributed by atoms with Crippen molar-refractivity contribution in [3.63, 3.8) is 0 Å². The average molecular weight is 921 g/mol.